The summed E-state index contributed by atoms with van der Waals surface area (Å²) in [6, 6.07) is 0. The molecule has 0 unspecified atom stereocenters. The quantitative estimate of drug-likeness (QED) is 0.259. The fourth-order valence-electron chi connectivity index (χ4n) is 1.53. The third-order valence-corrected chi connectivity index (χ3v) is 2.80. The SMILES string of the molecule is CCNC(=NCC(CC)CC)NCCNC(C)=O.I. The molecule has 0 radical (unpaired) electrons. The standard InChI is InChI=1S/C13H28N4O.HI/c1-5-12(6-2)10-17-13(14-7-3)16-9-8-15-11(4)18;/h12H,5-10H2,1-4H3,(H,15,18)(H2,14,16,17);1H. The van der Waals surface area contributed by atoms with Crippen molar-refractivity contribution in [1.29, 1.82) is 0 Å². The fraction of sp³-hybridized carbons (Fsp3) is 0.846. The van der Waals surface area contributed by atoms with Crippen LogP contribution in [0.2, 0.25) is 0 Å². The Hall–Kier alpha value is -0.530. The van der Waals surface area contributed by atoms with Gasteiger partial charge in [-0.15, -0.1) is 24.0 Å². The zero-order chi connectivity index (χ0) is 13.8. The molecule has 0 aromatic rings. The van der Waals surface area contributed by atoms with Gasteiger partial charge in [0.05, 0.1) is 0 Å². The van der Waals surface area contributed by atoms with Crippen LogP contribution in [0.15, 0.2) is 4.99 Å². The van der Waals surface area contributed by atoms with Crippen molar-refractivity contribution >= 4 is 35.8 Å². The van der Waals surface area contributed by atoms with Gasteiger partial charge in [0, 0.05) is 33.1 Å². The largest absolute Gasteiger partial charge is 0.357 e. The van der Waals surface area contributed by atoms with Crippen molar-refractivity contribution in [2.24, 2.45) is 10.9 Å². The Morgan fingerprint density at radius 1 is 1.05 bits per heavy atom. The zero-order valence-corrected chi connectivity index (χ0v) is 14.9. The highest BCUT2D eigenvalue weighted by molar-refractivity contribution is 14.0. The maximum atomic E-state index is 10.7. The van der Waals surface area contributed by atoms with E-state index in [4.69, 9.17) is 0 Å². The van der Waals surface area contributed by atoms with Gasteiger partial charge in [-0.3, -0.25) is 9.79 Å². The second kappa shape index (κ2) is 13.9. The fourth-order valence-corrected chi connectivity index (χ4v) is 1.53. The van der Waals surface area contributed by atoms with Crippen LogP contribution < -0.4 is 16.0 Å². The Bertz CT molecular complexity index is 255. The van der Waals surface area contributed by atoms with E-state index in [1.54, 1.807) is 0 Å². The molecule has 0 fully saturated rings. The monoisotopic (exact) mass is 384 g/mol. The average molecular weight is 384 g/mol. The first-order valence-corrected chi connectivity index (χ1v) is 6.90. The molecule has 0 rings (SSSR count). The topological polar surface area (TPSA) is 65.5 Å². The van der Waals surface area contributed by atoms with Gasteiger partial charge in [0.15, 0.2) is 5.96 Å². The van der Waals surface area contributed by atoms with Crippen molar-refractivity contribution in [3.8, 4) is 0 Å². The van der Waals surface area contributed by atoms with Crippen molar-refractivity contribution < 1.29 is 4.79 Å². The molecule has 5 nitrogen and oxygen atoms in total. The van der Waals surface area contributed by atoms with Gasteiger partial charge in [-0.2, -0.15) is 0 Å². The van der Waals surface area contributed by atoms with Crippen molar-refractivity contribution in [1.82, 2.24) is 16.0 Å². The number of aliphatic imine (C=N–C) groups is 1. The minimum atomic E-state index is -0.00392. The van der Waals surface area contributed by atoms with Gasteiger partial charge < -0.3 is 16.0 Å². The molecule has 114 valence electrons. The molecule has 6 heteroatoms. The number of carbonyl (C=O) groups is 1. The van der Waals surface area contributed by atoms with Crippen LogP contribution in [-0.2, 0) is 4.79 Å². The Balaban J connectivity index is 0. The first kappa shape index (κ1) is 20.8. The highest BCUT2D eigenvalue weighted by atomic mass is 127. The number of halogens is 1. The summed E-state index contributed by atoms with van der Waals surface area (Å²) >= 11 is 0. The Morgan fingerprint density at radius 3 is 2.11 bits per heavy atom. The van der Waals surface area contributed by atoms with E-state index in [0.717, 1.165) is 31.9 Å². The molecule has 0 saturated carbocycles. The third kappa shape index (κ3) is 12.3. The van der Waals surface area contributed by atoms with Crippen LogP contribution in [0.5, 0.6) is 0 Å². The maximum Gasteiger partial charge on any atom is 0.216 e. The summed E-state index contributed by atoms with van der Waals surface area (Å²) in [6.45, 7) is 11.0. The van der Waals surface area contributed by atoms with Crippen LogP contribution in [0, 0.1) is 5.92 Å². The molecule has 0 aromatic carbocycles. The van der Waals surface area contributed by atoms with Crippen molar-refractivity contribution in [2.75, 3.05) is 26.2 Å². The molecule has 1 amide bonds. The van der Waals surface area contributed by atoms with Crippen molar-refractivity contribution in [3.05, 3.63) is 0 Å². The van der Waals surface area contributed by atoms with Gasteiger partial charge in [-0.1, -0.05) is 26.7 Å². The summed E-state index contributed by atoms with van der Waals surface area (Å²) < 4.78 is 0. The van der Waals surface area contributed by atoms with Gasteiger partial charge in [0.2, 0.25) is 5.91 Å². The Morgan fingerprint density at radius 2 is 1.63 bits per heavy atom. The van der Waals surface area contributed by atoms with E-state index in [1.807, 2.05) is 6.92 Å². The number of guanidine groups is 1. The summed E-state index contributed by atoms with van der Waals surface area (Å²) in [5.41, 5.74) is 0. The minimum absolute atomic E-state index is 0. The van der Waals surface area contributed by atoms with Crippen LogP contribution >= 0.6 is 24.0 Å². The molecular formula is C13H29IN4O. The lowest BCUT2D eigenvalue weighted by molar-refractivity contribution is -0.118. The van der Waals surface area contributed by atoms with Crippen LogP contribution in [-0.4, -0.2) is 38.0 Å². The van der Waals surface area contributed by atoms with Gasteiger partial charge >= 0.3 is 0 Å². The van der Waals surface area contributed by atoms with E-state index in [0.29, 0.717) is 19.0 Å². The second-order valence-corrected chi connectivity index (χ2v) is 4.31. The lowest BCUT2D eigenvalue weighted by Gasteiger charge is -2.14. The molecule has 3 N–H and O–H groups in total. The molecule has 0 spiro atoms. The number of amides is 1. The molecule has 0 aromatic heterocycles. The van der Waals surface area contributed by atoms with E-state index >= 15 is 0 Å². The number of nitrogens with zero attached hydrogens (tertiary/aromatic N) is 1. The van der Waals surface area contributed by atoms with Crippen molar-refractivity contribution in [3.63, 3.8) is 0 Å². The van der Waals surface area contributed by atoms with E-state index < -0.39 is 0 Å². The second-order valence-electron chi connectivity index (χ2n) is 4.31. The van der Waals surface area contributed by atoms with Gasteiger partial charge in [-0.25, -0.2) is 0 Å². The molecule has 0 aliphatic rings. The van der Waals surface area contributed by atoms with Crippen LogP contribution in [0.25, 0.3) is 0 Å². The summed E-state index contributed by atoms with van der Waals surface area (Å²) in [7, 11) is 0. The van der Waals surface area contributed by atoms with Gasteiger partial charge in [0.25, 0.3) is 0 Å². The number of nitrogens with one attached hydrogen (secondary N) is 3. The number of hydrogen-bond acceptors (Lipinski definition) is 2. The number of carbonyl (C=O) groups excluding carboxylic acids is 1. The maximum absolute atomic E-state index is 10.7. The van der Waals surface area contributed by atoms with E-state index in [2.05, 4.69) is 34.8 Å². The molecule has 0 bridgehead atoms. The molecule has 19 heavy (non-hydrogen) atoms. The summed E-state index contributed by atoms with van der Waals surface area (Å²) in [6.07, 6.45) is 2.32. The summed E-state index contributed by atoms with van der Waals surface area (Å²) in [4.78, 5) is 15.3. The first-order chi connectivity index (χ1) is 8.63. The van der Waals surface area contributed by atoms with E-state index in [1.165, 1.54) is 6.92 Å². The van der Waals surface area contributed by atoms with E-state index in [9.17, 15) is 4.79 Å². The zero-order valence-electron chi connectivity index (χ0n) is 12.6. The first-order valence-electron chi connectivity index (χ1n) is 6.90. The predicted molar refractivity (Wildman–Crippen MR) is 92.2 cm³/mol. The van der Waals surface area contributed by atoms with Crippen molar-refractivity contribution in [2.45, 2.75) is 40.5 Å². The molecule has 0 heterocycles. The summed E-state index contributed by atoms with van der Waals surface area (Å²) in [5, 5.41) is 9.15. The van der Waals surface area contributed by atoms with Gasteiger partial charge in [0.1, 0.15) is 0 Å². The third-order valence-electron chi connectivity index (χ3n) is 2.80. The molecule has 0 aliphatic heterocycles. The lowest BCUT2D eigenvalue weighted by Crippen LogP contribution is -2.41. The smallest absolute Gasteiger partial charge is 0.216 e. The minimum Gasteiger partial charge on any atom is -0.357 e. The van der Waals surface area contributed by atoms with E-state index in [-0.39, 0.29) is 29.9 Å². The number of rotatable bonds is 8. The summed E-state index contributed by atoms with van der Waals surface area (Å²) in [5.74, 6) is 1.47. The molecular weight excluding hydrogens is 355 g/mol. The van der Waals surface area contributed by atoms with Gasteiger partial charge in [-0.05, 0) is 12.8 Å². The highest BCUT2D eigenvalue weighted by Crippen LogP contribution is 2.06. The Kier molecular flexibility index (Phi) is 15.2. The Labute approximate surface area is 134 Å². The normalized spacial score (nSPS) is 10.9. The highest BCUT2D eigenvalue weighted by Gasteiger charge is 2.03. The van der Waals surface area contributed by atoms with Crippen LogP contribution in [0.3, 0.4) is 0 Å². The van der Waals surface area contributed by atoms with Crippen LogP contribution in [0.4, 0.5) is 0 Å². The average Bonchev–Trinajstić information content (AvgIpc) is 2.35. The van der Waals surface area contributed by atoms with Crippen LogP contribution in [0.1, 0.15) is 40.5 Å². The molecule has 0 atom stereocenters. The number of hydrogen-bond donors (Lipinski definition) is 3. The lowest BCUT2D eigenvalue weighted by atomic mass is 10.0. The molecule has 0 aliphatic carbocycles. The molecule has 0 saturated heterocycles. The predicted octanol–water partition coefficient (Wildman–Crippen LogP) is 1.73.